The molecule has 2 heteroatoms. The molecule has 1 aromatic heterocycles. The zero-order valence-corrected chi connectivity index (χ0v) is 14.9. The van der Waals surface area contributed by atoms with Crippen molar-refractivity contribution in [2.75, 3.05) is 0 Å². The summed E-state index contributed by atoms with van der Waals surface area (Å²) in [5.41, 5.74) is 0. The second-order valence-corrected chi connectivity index (χ2v) is 6.72. The zero-order chi connectivity index (χ0) is 15.5. The summed E-state index contributed by atoms with van der Waals surface area (Å²) in [4.78, 5) is 0. The van der Waals surface area contributed by atoms with Gasteiger partial charge in [-0.15, -0.1) is 0 Å². The molecule has 2 nitrogen and oxygen atoms in total. The molecule has 0 unspecified atom stereocenters. The Morgan fingerprint density at radius 2 is 1.43 bits per heavy atom. The van der Waals surface area contributed by atoms with E-state index in [9.17, 15) is 0 Å². The number of unbranched alkanes of at least 4 members (excludes halogenated alkanes) is 9. The Bertz CT molecular complexity index is 366. The summed E-state index contributed by atoms with van der Waals surface area (Å²) < 4.78 is 4.76. The van der Waals surface area contributed by atoms with E-state index in [-0.39, 0.29) is 0 Å². The number of aryl methyl sites for hydroxylation is 1. The first-order valence-electron chi connectivity index (χ1n) is 9.23. The molecule has 0 saturated carbocycles. The first-order chi connectivity index (χ1) is 10.2. The maximum Gasteiger partial charge on any atom is 0.253 e. The Morgan fingerprint density at radius 3 is 1.90 bits per heavy atom. The molecular weight excluding hydrogens is 256 g/mol. The summed E-state index contributed by atoms with van der Waals surface area (Å²) >= 11 is 0. The molecule has 122 valence electrons. The number of rotatable bonds is 12. The highest BCUT2D eigenvalue weighted by atomic mass is 15.2. The maximum absolute atomic E-state index is 2.41. The predicted molar refractivity (Wildman–Crippen MR) is 91.6 cm³/mol. The molecule has 0 atom stereocenters. The minimum atomic E-state index is 0.568. The van der Waals surface area contributed by atoms with Gasteiger partial charge in [0.1, 0.15) is 12.4 Å². The molecule has 1 heterocycles. The molecule has 0 saturated heterocycles. The number of hydrogen-bond donors (Lipinski definition) is 0. The number of nitrogens with zero attached hydrogens (tertiary/aromatic N) is 2. The quantitative estimate of drug-likeness (QED) is 0.351. The summed E-state index contributed by atoms with van der Waals surface area (Å²) in [6.07, 6.45) is 18.6. The van der Waals surface area contributed by atoms with Crippen LogP contribution in [0.5, 0.6) is 0 Å². The molecule has 1 rings (SSSR count). The van der Waals surface area contributed by atoms with Crippen molar-refractivity contribution in [3.63, 3.8) is 0 Å². The summed E-state index contributed by atoms with van der Waals surface area (Å²) in [5.74, 6) is 1.39. The summed E-state index contributed by atoms with van der Waals surface area (Å²) in [6.45, 7) is 10.2. The topological polar surface area (TPSA) is 8.81 Å². The molecule has 0 spiro atoms. The summed E-state index contributed by atoms with van der Waals surface area (Å²) in [6, 6.07) is 0.568. The highest BCUT2D eigenvalue weighted by molar-refractivity contribution is 4.82. The van der Waals surface area contributed by atoms with Gasteiger partial charge in [0, 0.05) is 6.92 Å². The van der Waals surface area contributed by atoms with Crippen LogP contribution in [0.25, 0.3) is 0 Å². The molecule has 0 aliphatic heterocycles. The van der Waals surface area contributed by atoms with Crippen LogP contribution >= 0.6 is 0 Å². The number of imidazole rings is 1. The lowest BCUT2D eigenvalue weighted by Gasteiger charge is -2.04. The van der Waals surface area contributed by atoms with Gasteiger partial charge in [-0.3, -0.25) is 0 Å². The van der Waals surface area contributed by atoms with E-state index in [1.165, 1.54) is 76.6 Å². The number of hydrogen-bond acceptors (Lipinski definition) is 0. The zero-order valence-electron chi connectivity index (χ0n) is 14.9. The van der Waals surface area contributed by atoms with Gasteiger partial charge in [-0.25, -0.2) is 9.13 Å². The lowest BCUT2D eigenvalue weighted by atomic mass is 10.1. The largest absolute Gasteiger partial charge is 0.253 e. The van der Waals surface area contributed by atoms with Gasteiger partial charge in [0.2, 0.25) is 0 Å². The van der Waals surface area contributed by atoms with E-state index < -0.39 is 0 Å². The lowest BCUT2D eigenvalue weighted by molar-refractivity contribution is -0.703. The summed E-state index contributed by atoms with van der Waals surface area (Å²) in [7, 11) is 0. The van der Waals surface area contributed by atoms with Gasteiger partial charge in [-0.05, 0) is 26.7 Å². The monoisotopic (exact) mass is 293 g/mol. The van der Waals surface area contributed by atoms with Crippen LogP contribution in [0, 0.1) is 6.92 Å². The van der Waals surface area contributed by atoms with Crippen LogP contribution in [-0.2, 0) is 6.54 Å². The first kappa shape index (κ1) is 18.3. The molecule has 0 fully saturated rings. The van der Waals surface area contributed by atoms with Gasteiger partial charge < -0.3 is 0 Å². The van der Waals surface area contributed by atoms with E-state index >= 15 is 0 Å². The van der Waals surface area contributed by atoms with Crippen LogP contribution in [0.3, 0.4) is 0 Å². The first-order valence-corrected chi connectivity index (χ1v) is 9.23. The van der Waals surface area contributed by atoms with Crippen LogP contribution in [0.2, 0.25) is 0 Å². The van der Waals surface area contributed by atoms with Crippen LogP contribution in [0.4, 0.5) is 0 Å². The van der Waals surface area contributed by atoms with Gasteiger partial charge in [-0.1, -0.05) is 58.3 Å². The van der Waals surface area contributed by atoms with Crippen molar-refractivity contribution in [3.05, 3.63) is 18.2 Å². The van der Waals surface area contributed by atoms with E-state index in [4.69, 9.17) is 0 Å². The molecule has 0 aliphatic carbocycles. The molecule has 0 aliphatic rings. The SMILES string of the molecule is CCCCCCCCCCCC[n+]1ccn(C(C)C)c1C. The fourth-order valence-electron chi connectivity index (χ4n) is 3.07. The third kappa shape index (κ3) is 7.15. The van der Waals surface area contributed by atoms with Gasteiger partial charge in [0.05, 0.1) is 12.6 Å². The molecule has 0 radical (unpaired) electrons. The van der Waals surface area contributed by atoms with Crippen molar-refractivity contribution in [3.8, 4) is 0 Å². The molecule has 0 aromatic carbocycles. The number of aromatic nitrogens is 2. The lowest BCUT2D eigenvalue weighted by Crippen LogP contribution is -2.35. The van der Waals surface area contributed by atoms with E-state index in [0.717, 1.165) is 0 Å². The van der Waals surface area contributed by atoms with Crippen molar-refractivity contribution in [1.29, 1.82) is 0 Å². The van der Waals surface area contributed by atoms with Crippen molar-refractivity contribution in [1.82, 2.24) is 4.57 Å². The fourth-order valence-corrected chi connectivity index (χ4v) is 3.07. The van der Waals surface area contributed by atoms with Crippen molar-refractivity contribution in [2.24, 2.45) is 0 Å². The highest BCUT2D eigenvalue weighted by Crippen LogP contribution is 2.11. The maximum atomic E-state index is 2.41. The molecule has 0 N–H and O–H groups in total. The van der Waals surface area contributed by atoms with E-state index in [1.54, 1.807) is 0 Å². The fraction of sp³-hybridized carbons (Fsp3) is 0.842. The van der Waals surface area contributed by atoms with E-state index in [2.05, 4.69) is 49.2 Å². The van der Waals surface area contributed by atoms with Gasteiger partial charge in [0.15, 0.2) is 0 Å². The van der Waals surface area contributed by atoms with Gasteiger partial charge in [-0.2, -0.15) is 0 Å². The van der Waals surface area contributed by atoms with Crippen LogP contribution in [-0.4, -0.2) is 4.57 Å². The highest BCUT2D eigenvalue weighted by Gasteiger charge is 2.13. The molecule has 0 bridgehead atoms. The molecule has 0 amide bonds. The Balaban J connectivity index is 2.02. The average molecular weight is 294 g/mol. The second-order valence-electron chi connectivity index (χ2n) is 6.72. The van der Waals surface area contributed by atoms with Crippen molar-refractivity contribution >= 4 is 0 Å². The van der Waals surface area contributed by atoms with Gasteiger partial charge >= 0.3 is 0 Å². The van der Waals surface area contributed by atoms with Crippen LogP contribution < -0.4 is 4.57 Å². The standard InChI is InChI=1S/C19H37N2/c1-5-6-7-8-9-10-11-12-13-14-15-20-16-17-21(18(2)3)19(20)4/h16-18H,5-15H2,1-4H3/q+1. The van der Waals surface area contributed by atoms with Crippen molar-refractivity contribution in [2.45, 2.75) is 104 Å². The Hall–Kier alpha value is -0.790. The minimum absolute atomic E-state index is 0.568. The normalized spacial score (nSPS) is 11.5. The van der Waals surface area contributed by atoms with E-state index in [0.29, 0.717) is 6.04 Å². The minimum Gasteiger partial charge on any atom is -0.234 e. The summed E-state index contributed by atoms with van der Waals surface area (Å²) in [5, 5.41) is 0. The average Bonchev–Trinajstić information content (AvgIpc) is 2.82. The Kier molecular flexibility index (Phi) is 9.45. The Morgan fingerprint density at radius 1 is 0.905 bits per heavy atom. The third-order valence-electron chi connectivity index (χ3n) is 4.51. The molecular formula is C19H37N2+. The van der Waals surface area contributed by atoms with Crippen LogP contribution in [0.1, 0.15) is 96.8 Å². The van der Waals surface area contributed by atoms with Gasteiger partial charge in [0.25, 0.3) is 5.82 Å². The van der Waals surface area contributed by atoms with Crippen molar-refractivity contribution < 1.29 is 4.57 Å². The van der Waals surface area contributed by atoms with E-state index in [1.807, 2.05) is 0 Å². The Labute approximate surface area is 132 Å². The smallest absolute Gasteiger partial charge is 0.234 e. The molecule has 1 aromatic rings. The second kappa shape index (κ2) is 10.9. The third-order valence-corrected chi connectivity index (χ3v) is 4.51. The van der Waals surface area contributed by atoms with Crippen LogP contribution in [0.15, 0.2) is 12.4 Å². The predicted octanol–water partition coefficient (Wildman–Crippen LogP) is 5.59. The molecule has 21 heavy (non-hydrogen) atoms.